The Morgan fingerprint density at radius 3 is 2.95 bits per heavy atom. The van der Waals surface area contributed by atoms with Crippen molar-refractivity contribution in [2.75, 3.05) is 13.1 Å². The molecule has 0 spiro atoms. The van der Waals surface area contributed by atoms with E-state index in [9.17, 15) is 14.4 Å². The Bertz CT molecular complexity index is 518. The second-order valence-corrected chi connectivity index (χ2v) is 4.74. The zero-order chi connectivity index (χ0) is 14.5. The third kappa shape index (κ3) is 3.78. The zero-order valence-corrected chi connectivity index (χ0v) is 11.1. The Kier molecular flexibility index (Phi) is 4.29. The normalized spacial score (nSPS) is 15.9. The maximum Gasteiger partial charge on any atom is 0.325 e. The molecule has 2 rings (SSSR count). The van der Waals surface area contributed by atoms with Gasteiger partial charge in [-0.25, -0.2) is 4.79 Å². The van der Waals surface area contributed by atoms with Crippen molar-refractivity contribution in [1.82, 2.24) is 20.5 Å². The Morgan fingerprint density at radius 2 is 2.35 bits per heavy atom. The summed E-state index contributed by atoms with van der Waals surface area (Å²) in [7, 11) is 0. The van der Waals surface area contributed by atoms with Crippen molar-refractivity contribution >= 4 is 17.8 Å². The molecule has 2 heterocycles. The number of rotatable bonds is 5. The first kappa shape index (κ1) is 14.0. The minimum atomic E-state index is -0.523. The molecule has 7 heteroatoms. The third-order valence-corrected chi connectivity index (χ3v) is 2.87. The first-order chi connectivity index (χ1) is 9.54. The molecule has 0 aromatic carbocycles. The summed E-state index contributed by atoms with van der Waals surface area (Å²) in [5, 5.41) is 4.92. The van der Waals surface area contributed by atoms with Crippen molar-refractivity contribution in [1.29, 1.82) is 0 Å². The van der Waals surface area contributed by atoms with E-state index in [1.165, 1.54) is 4.90 Å². The van der Waals surface area contributed by atoms with Gasteiger partial charge < -0.3 is 10.2 Å². The van der Waals surface area contributed by atoms with Crippen LogP contribution in [0.4, 0.5) is 4.79 Å². The Morgan fingerprint density at radius 1 is 1.55 bits per heavy atom. The SMILES string of the molecule is C[C@@H](Cc1cccnc1)NC(=O)CN1CC(=O)NC1=O. The van der Waals surface area contributed by atoms with E-state index < -0.39 is 6.03 Å². The number of carbonyl (C=O) groups excluding carboxylic acids is 3. The number of nitrogens with one attached hydrogen (secondary N) is 2. The average Bonchev–Trinajstić information content (AvgIpc) is 2.68. The number of pyridine rings is 1. The summed E-state index contributed by atoms with van der Waals surface area (Å²) in [6.07, 6.45) is 4.09. The lowest BCUT2D eigenvalue weighted by Gasteiger charge is -2.17. The van der Waals surface area contributed by atoms with Gasteiger partial charge in [0.05, 0.1) is 0 Å². The highest BCUT2D eigenvalue weighted by Crippen LogP contribution is 2.02. The molecule has 0 unspecified atom stereocenters. The molecule has 1 atom stereocenters. The average molecular weight is 276 g/mol. The van der Waals surface area contributed by atoms with E-state index in [0.717, 1.165) is 5.56 Å². The molecule has 1 saturated heterocycles. The van der Waals surface area contributed by atoms with Gasteiger partial charge in [0.2, 0.25) is 11.8 Å². The molecule has 1 aromatic rings. The Hall–Kier alpha value is -2.44. The Balaban J connectivity index is 1.79. The number of amides is 4. The number of nitrogens with zero attached hydrogens (tertiary/aromatic N) is 2. The number of hydrogen-bond acceptors (Lipinski definition) is 4. The van der Waals surface area contributed by atoms with E-state index in [-0.39, 0.29) is 30.9 Å². The maximum atomic E-state index is 11.8. The fourth-order valence-corrected chi connectivity index (χ4v) is 2.03. The lowest BCUT2D eigenvalue weighted by Crippen LogP contribution is -2.42. The monoisotopic (exact) mass is 276 g/mol. The smallest absolute Gasteiger partial charge is 0.325 e. The van der Waals surface area contributed by atoms with Crippen LogP contribution >= 0.6 is 0 Å². The molecule has 1 aliphatic rings. The second-order valence-electron chi connectivity index (χ2n) is 4.74. The van der Waals surface area contributed by atoms with Crippen LogP contribution in [0.2, 0.25) is 0 Å². The van der Waals surface area contributed by atoms with Gasteiger partial charge in [0, 0.05) is 18.4 Å². The summed E-state index contributed by atoms with van der Waals surface area (Å²) < 4.78 is 0. The van der Waals surface area contributed by atoms with Crippen LogP contribution in [0.1, 0.15) is 12.5 Å². The van der Waals surface area contributed by atoms with E-state index >= 15 is 0 Å². The lowest BCUT2D eigenvalue weighted by atomic mass is 10.1. The van der Waals surface area contributed by atoms with Gasteiger partial charge in [0.25, 0.3) is 0 Å². The van der Waals surface area contributed by atoms with E-state index in [4.69, 9.17) is 0 Å². The standard InChI is InChI=1S/C13H16N4O3/c1-9(5-10-3-2-4-14-6-10)15-11(18)7-17-8-12(19)16-13(17)20/h2-4,6,9H,5,7-8H2,1H3,(H,15,18)(H,16,19,20)/t9-/m0/s1. The van der Waals surface area contributed by atoms with E-state index in [1.54, 1.807) is 12.4 Å². The van der Waals surface area contributed by atoms with Gasteiger partial charge in [-0.3, -0.25) is 19.9 Å². The van der Waals surface area contributed by atoms with Crippen molar-refractivity contribution < 1.29 is 14.4 Å². The van der Waals surface area contributed by atoms with E-state index in [0.29, 0.717) is 6.42 Å². The van der Waals surface area contributed by atoms with Gasteiger partial charge in [-0.05, 0) is 25.0 Å². The van der Waals surface area contributed by atoms with Crippen molar-refractivity contribution in [3.63, 3.8) is 0 Å². The molecule has 7 nitrogen and oxygen atoms in total. The number of urea groups is 1. The van der Waals surface area contributed by atoms with Crippen molar-refractivity contribution in [2.45, 2.75) is 19.4 Å². The molecule has 0 bridgehead atoms. The van der Waals surface area contributed by atoms with Crippen molar-refractivity contribution in [3.05, 3.63) is 30.1 Å². The van der Waals surface area contributed by atoms with Crippen molar-refractivity contribution in [2.24, 2.45) is 0 Å². The van der Waals surface area contributed by atoms with Crippen LogP contribution in [-0.2, 0) is 16.0 Å². The number of aromatic nitrogens is 1. The minimum Gasteiger partial charge on any atom is -0.352 e. The van der Waals surface area contributed by atoms with Crippen molar-refractivity contribution in [3.8, 4) is 0 Å². The number of imide groups is 1. The second kappa shape index (κ2) is 6.14. The quantitative estimate of drug-likeness (QED) is 0.721. The van der Waals surface area contributed by atoms with Gasteiger partial charge in [0.1, 0.15) is 13.1 Å². The molecular weight excluding hydrogens is 260 g/mol. The Labute approximate surface area is 116 Å². The van der Waals surface area contributed by atoms with Gasteiger partial charge >= 0.3 is 6.03 Å². The molecule has 1 fully saturated rings. The summed E-state index contributed by atoms with van der Waals surface area (Å²) in [5.41, 5.74) is 1.02. The van der Waals surface area contributed by atoms with Gasteiger partial charge in [-0.15, -0.1) is 0 Å². The molecule has 1 aliphatic heterocycles. The molecule has 0 radical (unpaired) electrons. The molecule has 1 aromatic heterocycles. The highest BCUT2D eigenvalue weighted by molar-refractivity contribution is 6.03. The highest BCUT2D eigenvalue weighted by Gasteiger charge is 2.28. The molecule has 0 saturated carbocycles. The van der Waals surface area contributed by atoms with Crippen LogP contribution in [0.15, 0.2) is 24.5 Å². The summed E-state index contributed by atoms with van der Waals surface area (Å²) in [5.74, 6) is -0.669. The first-order valence-corrected chi connectivity index (χ1v) is 6.31. The fourth-order valence-electron chi connectivity index (χ4n) is 2.03. The third-order valence-electron chi connectivity index (χ3n) is 2.87. The summed E-state index contributed by atoms with van der Waals surface area (Å²) in [6, 6.07) is 3.17. The molecular formula is C13H16N4O3. The molecule has 0 aliphatic carbocycles. The zero-order valence-electron chi connectivity index (χ0n) is 11.1. The van der Waals surface area contributed by atoms with Crippen LogP contribution in [0, 0.1) is 0 Å². The lowest BCUT2D eigenvalue weighted by molar-refractivity contribution is -0.122. The highest BCUT2D eigenvalue weighted by atomic mass is 16.2. The van der Waals surface area contributed by atoms with Crippen LogP contribution in [0.25, 0.3) is 0 Å². The van der Waals surface area contributed by atoms with Crippen LogP contribution in [0.3, 0.4) is 0 Å². The predicted molar refractivity (Wildman–Crippen MR) is 70.7 cm³/mol. The van der Waals surface area contributed by atoms with E-state index in [1.807, 2.05) is 19.1 Å². The van der Waals surface area contributed by atoms with Gasteiger partial charge in [-0.2, -0.15) is 0 Å². The largest absolute Gasteiger partial charge is 0.352 e. The maximum absolute atomic E-state index is 11.8. The predicted octanol–water partition coefficient (Wildman–Crippen LogP) is -0.319. The molecule has 106 valence electrons. The minimum absolute atomic E-state index is 0.0662. The first-order valence-electron chi connectivity index (χ1n) is 6.31. The summed E-state index contributed by atoms with van der Waals surface area (Å²) in [4.78, 5) is 39.3. The summed E-state index contributed by atoms with van der Waals surface area (Å²) in [6.45, 7) is 1.69. The molecule has 4 amide bonds. The van der Waals surface area contributed by atoms with Crippen LogP contribution in [0.5, 0.6) is 0 Å². The van der Waals surface area contributed by atoms with Gasteiger partial charge in [0.15, 0.2) is 0 Å². The summed E-state index contributed by atoms with van der Waals surface area (Å²) >= 11 is 0. The molecule has 2 N–H and O–H groups in total. The number of carbonyl (C=O) groups is 3. The van der Waals surface area contributed by atoms with Crippen LogP contribution < -0.4 is 10.6 Å². The fraction of sp³-hybridized carbons (Fsp3) is 0.385. The topological polar surface area (TPSA) is 91.4 Å². The van der Waals surface area contributed by atoms with E-state index in [2.05, 4.69) is 15.6 Å². The van der Waals surface area contributed by atoms with Crippen LogP contribution in [-0.4, -0.2) is 46.9 Å². The molecule has 20 heavy (non-hydrogen) atoms. The number of hydrogen-bond donors (Lipinski definition) is 2. The van der Waals surface area contributed by atoms with Gasteiger partial charge in [-0.1, -0.05) is 6.07 Å².